The molecular weight excluding hydrogens is 218 g/mol. The second-order valence-corrected chi connectivity index (χ2v) is 4.29. The van der Waals surface area contributed by atoms with Crippen molar-refractivity contribution in [3.8, 4) is 5.75 Å². The van der Waals surface area contributed by atoms with Crippen LogP contribution in [-0.4, -0.2) is 36.6 Å². The molecule has 0 saturated heterocycles. The molecule has 0 bridgehead atoms. The molecule has 1 aromatic rings. The first-order valence-corrected chi connectivity index (χ1v) is 5.53. The number of ether oxygens (including phenoxy) is 1. The molecule has 0 aliphatic carbocycles. The van der Waals surface area contributed by atoms with Gasteiger partial charge in [-0.2, -0.15) is 0 Å². The van der Waals surface area contributed by atoms with E-state index in [0.29, 0.717) is 11.3 Å². The molecule has 0 unspecified atom stereocenters. The highest BCUT2D eigenvalue weighted by Crippen LogP contribution is 2.26. The standard InChI is InChI=1S/C13H19NO3/c1-9-5-6-12(11(7-9)10(2)15)17-8-13(16)14(3)4/h5-7,10,15H,8H2,1-4H3/t10-/m1/s1. The van der Waals surface area contributed by atoms with E-state index < -0.39 is 6.10 Å². The zero-order valence-corrected chi connectivity index (χ0v) is 10.7. The first-order chi connectivity index (χ1) is 7.91. The van der Waals surface area contributed by atoms with E-state index in [1.807, 2.05) is 19.1 Å². The van der Waals surface area contributed by atoms with E-state index in [9.17, 15) is 9.90 Å². The molecule has 0 saturated carbocycles. The Morgan fingerprint density at radius 2 is 2.12 bits per heavy atom. The maximum atomic E-state index is 11.4. The van der Waals surface area contributed by atoms with Gasteiger partial charge in [0.2, 0.25) is 0 Å². The largest absolute Gasteiger partial charge is 0.483 e. The second-order valence-electron chi connectivity index (χ2n) is 4.29. The topological polar surface area (TPSA) is 49.8 Å². The van der Waals surface area contributed by atoms with Crippen molar-refractivity contribution in [2.24, 2.45) is 0 Å². The summed E-state index contributed by atoms with van der Waals surface area (Å²) in [6.07, 6.45) is -0.612. The van der Waals surface area contributed by atoms with Gasteiger partial charge < -0.3 is 14.7 Å². The summed E-state index contributed by atoms with van der Waals surface area (Å²) >= 11 is 0. The number of carbonyl (C=O) groups is 1. The molecule has 0 aliphatic heterocycles. The molecule has 94 valence electrons. The molecule has 0 aliphatic rings. The van der Waals surface area contributed by atoms with Crippen molar-refractivity contribution in [1.82, 2.24) is 4.90 Å². The molecule has 0 radical (unpaired) electrons. The number of hydrogen-bond acceptors (Lipinski definition) is 3. The van der Waals surface area contributed by atoms with Crippen LogP contribution in [0.5, 0.6) is 5.75 Å². The van der Waals surface area contributed by atoms with E-state index >= 15 is 0 Å². The van der Waals surface area contributed by atoms with Crippen LogP contribution in [0, 0.1) is 6.92 Å². The van der Waals surface area contributed by atoms with E-state index in [2.05, 4.69) is 0 Å². The molecule has 0 heterocycles. The Hall–Kier alpha value is -1.55. The van der Waals surface area contributed by atoms with E-state index in [1.165, 1.54) is 4.90 Å². The second kappa shape index (κ2) is 5.68. The van der Waals surface area contributed by atoms with Crippen molar-refractivity contribution in [3.63, 3.8) is 0 Å². The summed E-state index contributed by atoms with van der Waals surface area (Å²) < 4.78 is 5.43. The third-order valence-corrected chi connectivity index (χ3v) is 2.47. The lowest BCUT2D eigenvalue weighted by molar-refractivity contribution is -0.130. The number of carbonyl (C=O) groups excluding carboxylic acids is 1. The molecule has 1 amide bonds. The molecule has 0 aromatic heterocycles. The molecular formula is C13H19NO3. The number of benzene rings is 1. The number of aryl methyl sites for hydroxylation is 1. The van der Waals surface area contributed by atoms with Crippen LogP contribution < -0.4 is 4.74 Å². The van der Waals surface area contributed by atoms with Crippen molar-refractivity contribution in [1.29, 1.82) is 0 Å². The summed E-state index contributed by atoms with van der Waals surface area (Å²) in [4.78, 5) is 12.9. The smallest absolute Gasteiger partial charge is 0.259 e. The molecule has 1 aromatic carbocycles. The van der Waals surface area contributed by atoms with Crippen molar-refractivity contribution in [3.05, 3.63) is 29.3 Å². The number of hydrogen-bond donors (Lipinski definition) is 1. The van der Waals surface area contributed by atoms with Gasteiger partial charge in [-0.05, 0) is 26.0 Å². The number of aliphatic hydroxyl groups is 1. The van der Waals surface area contributed by atoms with Gasteiger partial charge in [0.1, 0.15) is 5.75 Å². The van der Waals surface area contributed by atoms with Crippen molar-refractivity contribution < 1.29 is 14.6 Å². The molecule has 4 nitrogen and oxygen atoms in total. The van der Waals surface area contributed by atoms with Crippen molar-refractivity contribution >= 4 is 5.91 Å². The number of rotatable bonds is 4. The summed E-state index contributed by atoms with van der Waals surface area (Å²) in [5.74, 6) is 0.447. The van der Waals surface area contributed by atoms with Crippen LogP contribution in [0.25, 0.3) is 0 Å². The molecule has 17 heavy (non-hydrogen) atoms. The van der Waals surface area contributed by atoms with Crippen LogP contribution in [0.3, 0.4) is 0 Å². The molecule has 1 rings (SSSR count). The zero-order valence-electron chi connectivity index (χ0n) is 10.7. The predicted molar refractivity (Wildman–Crippen MR) is 66.0 cm³/mol. The van der Waals surface area contributed by atoms with Crippen LogP contribution in [0.1, 0.15) is 24.2 Å². The van der Waals surface area contributed by atoms with Gasteiger partial charge in [-0.3, -0.25) is 4.79 Å². The van der Waals surface area contributed by atoms with Gasteiger partial charge in [0.15, 0.2) is 6.61 Å². The first-order valence-electron chi connectivity index (χ1n) is 5.53. The Balaban J connectivity index is 2.80. The van der Waals surface area contributed by atoms with Crippen LogP contribution >= 0.6 is 0 Å². The fraction of sp³-hybridized carbons (Fsp3) is 0.462. The minimum Gasteiger partial charge on any atom is -0.483 e. The predicted octanol–water partition coefficient (Wildman–Crippen LogP) is 1.52. The highest BCUT2D eigenvalue weighted by Gasteiger charge is 2.11. The first kappa shape index (κ1) is 13.5. The fourth-order valence-corrected chi connectivity index (χ4v) is 1.39. The van der Waals surface area contributed by atoms with Crippen LogP contribution in [0.4, 0.5) is 0 Å². The minimum absolute atomic E-state index is 0.0181. The SMILES string of the molecule is Cc1ccc(OCC(=O)N(C)C)c([C@@H](C)O)c1. The summed E-state index contributed by atoms with van der Waals surface area (Å²) in [6, 6.07) is 5.53. The van der Waals surface area contributed by atoms with Gasteiger partial charge in [0.05, 0.1) is 6.10 Å². The Morgan fingerprint density at radius 1 is 1.47 bits per heavy atom. The molecule has 1 N–H and O–H groups in total. The fourth-order valence-electron chi connectivity index (χ4n) is 1.39. The van der Waals surface area contributed by atoms with Gasteiger partial charge in [0, 0.05) is 19.7 Å². The molecule has 1 atom stereocenters. The van der Waals surface area contributed by atoms with Gasteiger partial charge in [-0.15, -0.1) is 0 Å². The molecule has 0 fully saturated rings. The van der Waals surface area contributed by atoms with E-state index in [4.69, 9.17) is 4.74 Å². The van der Waals surface area contributed by atoms with Crippen LogP contribution in [-0.2, 0) is 4.79 Å². The average Bonchev–Trinajstić information content (AvgIpc) is 2.26. The van der Waals surface area contributed by atoms with E-state index in [-0.39, 0.29) is 12.5 Å². The van der Waals surface area contributed by atoms with Crippen LogP contribution in [0.2, 0.25) is 0 Å². The Kier molecular flexibility index (Phi) is 4.52. The summed E-state index contributed by atoms with van der Waals surface area (Å²) in [6.45, 7) is 3.60. The van der Waals surface area contributed by atoms with Gasteiger partial charge >= 0.3 is 0 Å². The maximum absolute atomic E-state index is 11.4. The quantitative estimate of drug-likeness (QED) is 0.863. The normalized spacial score (nSPS) is 12.1. The van der Waals surface area contributed by atoms with E-state index in [0.717, 1.165) is 5.56 Å². The number of aliphatic hydroxyl groups excluding tert-OH is 1. The summed E-state index contributed by atoms with van der Waals surface area (Å²) in [7, 11) is 3.35. The van der Waals surface area contributed by atoms with E-state index in [1.54, 1.807) is 27.1 Å². The third-order valence-electron chi connectivity index (χ3n) is 2.47. The number of likely N-dealkylation sites (N-methyl/N-ethyl adjacent to an activating group) is 1. The van der Waals surface area contributed by atoms with Gasteiger partial charge in [-0.25, -0.2) is 0 Å². The van der Waals surface area contributed by atoms with Gasteiger partial charge in [-0.1, -0.05) is 11.6 Å². The third kappa shape index (κ3) is 3.75. The Morgan fingerprint density at radius 3 is 2.65 bits per heavy atom. The Labute approximate surface area is 102 Å². The summed E-state index contributed by atoms with van der Waals surface area (Å²) in [5.41, 5.74) is 1.75. The number of nitrogens with zero attached hydrogens (tertiary/aromatic N) is 1. The lowest BCUT2D eigenvalue weighted by atomic mass is 10.1. The number of amides is 1. The van der Waals surface area contributed by atoms with Gasteiger partial charge in [0.25, 0.3) is 5.91 Å². The summed E-state index contributed by atoms with van der Waals surface area (Å²) in [5, 5.41) is 9.63. The molecule has 0 spiro atoms. The zero-order chi connectivity index (χ0) is 13.0. The minimum atomic E-state index is -0.612. The highest BCUT2D eigenvalue weighted by molar-refractivity contribution is 5.77. The average molecular weight is 237 g/mol. The van der Waals surface area contributed by atoms with Crippen LogP contribution in [0.15, 0.2) is 18.2 Å². The maximum Gasteiger partial charge on any atom is 0.259 e. The van der Waals surface area contributed by atoms with Crippen molar-refractivity contribution in [2.75, 3.05) is 20.7 Å². The lowest BCUT2D eigenvalue weighted by Crippen LogP contribution is -2.27. The van der Waals surface area contributed by atoms with Crippen molar-refractivity contribution in [2.45, 2.75) is 20.0 Å². The lowest BCUT2D eigenvalue weighted by Gasteiger charge is -2.15. The highest BCUT2D eigenvalue weighted by atomic mass is 16.5. The Bertz CT molecular complexity index is 400. The molecule has 4 heteroatoms. The monoisotopic (exact) mass is 237 g/mol.